The Hall–Kier alpha value is -2.21. The number of fused-ring (bicyclic) bond motifs is 1. The number of carbonyl (C=O) groups excluding carboxylic acids is 1. The summed E-state index contributed by atoms with van der Waals surface area (Å²) in [6.07, 6.45) is 0.973. The zero-order valence-electron chi connectivity index (χ0n) is 10.6. The van der Waals surface area contributed by atoms with Crippen LogP contribution < -0.4 is 10.6 Å². The minimum Gasteiger partial charge on any atom is -0.339 e. The number of nitrogens with one attached hydrogen (secondary N) is 2. The van der Waals surface area contributed by atoms with Crippen LogP contribution in [-0.4, -0.2) is 22.6 Å². The molecule has 0 unspecified atom stereocenters. The fraction of sp³-hybridized carbons (Fsp3) is 0.308. The van der Waals surface area contributed by atoms with Gasteiger partial charge in [0, 0.05) is 19.2 Å². The van der Waals surface area contributed by atoms with E-state index in [2.05, 4.69) is 26.8 Å². The molecule has 0 aliphatic carbocycles. The molecule has 2 heterocycles. The molecule has 0 atom stereocenters. The van der Waals surface area contributed by atoms with E-state index in [9.17, 15) is 4.79 Å². The minimum absolute atomic E-state index is 0.0545. The van der Waals surface area contributed by atoms with E-state index in [1.165, 1.54) is 5.56 Å². The molecule has 1 aromatic heterocycles. The van der Waals surface area contributed by atoms with Gasteiger partial charge in [0.2, 0.25) is 5.89 Å². The van der Waals surface area contributed by atoms with Crippen LogP contribution in [0, 0.1) is 6.92 Å². The predicted octanol–water partition coefficient (Wildman–Crippen LogP) is 1.28. The highest BCUT2D eigenvalue weighted by Gasteiger charge is 2.17. The van der Waals surface area contributed by atoms with Crippen molar-refractivity contribution < 1.29 is 9.32 Å². The lowest BCUT2D eigenvalue weighted by Crippen LogP contribution is -2.25. The normalized spacial score (nSPS) is 13.9. The number of amides is 1. The third-order valence-electron chi connectivity index (χ3n) is 3.12. The highest BCUT2D eigenvalue weighted by atomic mass is 16.5. The molecule has 0 fully saturated rings. The van der Waals surface area contributed by atoms with Crippen LogP contribution in [-0.2, 0) is 13.0 Å². The molecular weight excluding hydrogens is 244 g/mol. The predicted molar refractivity (Wildman–Crippen MR) is 68.8 cm³/mol. The highest BCUT2D eigenvalue weighted by molar-refractivity contribution is 6.02. The van der Waals surface area contributed by atoms with Crippen molar-refractivity contribution in [3.8, 4) is 0 Å². The van der Waals surface area contributed by atoms with Gasteiger partial charge in [0.25, 0.3) is 11.7 Å². The van der Waals surface area contributed by atoms with Crippen LogP contribution >= 0.6 is 0 Å². The van der Waals surface area contributed by atoms with Gasteiger partial charge in [-0.1, -0.05) is 17.3 Å². The summed E-state index contributed by atoms with van der Waals surface area (Å²) in [5.74, 6) is 0.0802. The van der Waals surface area contributed by atoms with Gasteiger partial charge in [-0.15, -0.1) is 0 Å². The Balaban J connectivity index is 1.85. The first kappa shape index (κ1) is 11.9. The molecule has 6 nitrogen and oxygen atoms in total. The molecule has 0 saturated heterocycles. The number of hydrogen-bond donors (Lipinski definition) is 2. The summed E-state index contributed by atoms with van der Waals surface area (Å²) in [7, 11) is 0. The average molecular weight is 258 g/mol. The maximum Gasteiger partial charge on any atom is 0.297 e. The summed E-state index contributed by atoms with van der Waals surface area (Å²) in [5.41, 5.74) is 3.19. The van der Waals surface area contributed by atoms with E-state index in [0.717, 1.165) is 30.8 Å². The van der Waals surface area contributed by atoms with E-state index in [1.54, 1.807) is 6.92 Å². The highest BCUT2D eigenvalue weighted by Crippen LogP contribution is 2.23. The van der Waals surface area contributed by atoms with Gasteiger partial charge in [-0.2, -0.15) is 4.98 Å². The number of aryl methyl sites for hydroxylation is 1. The zero-order chi connectivity index (χ0) is 13.2. The molecule has 3 rings (SSSR count). The summed E-state index contributed by atoms with van der Waals surface area (Å²) >= 11 is 0. The van der Waals surface area contributed by atoms with Crippen molar-refractivity contribution in [1.82, 2.24) is 15.5 Å². The van der Waals surface area contributed by atoms with Gasteiger partial charge in [-0.25, -0.2) is 0 Å². The lowest BCUT2D eigenvalue weighted by atomic mass is 9.99. The molecule has 1 aromatic carbocycles. The van der Waals surface area contributed by atoms with Gasteiger partial charge in [0.1, 0.15) is 0 Å². The summed E-state index contributed by atoms with van der Waals surface area (Å²) < 4.78 is 4.80. The summed E-state index contributed by atoms with van der Waals surface area (Å²) in [5, 5.41) is 9.74. The van der Waals surface area contributed by atoms with E-state index in [4.69, 9.17) is 4.52 Å². The monoisotopic (exact) mass is 258 g/mol. The smallest absolute Gasteiger partial charge is 0.297 e. The molecule has 0 radical (unpaired) electrons. The van der Waals surface area contributed by atoms with Crippen LogP contribution in [0.15, 0.2) is 22.7 Å². The lowest BCUT2D eigenvalue weighted by molar-refractivity contribution is 0.101. The number of carbonyl (C=O) groups is 1. The second-order valence-corrected chi connectivity index (χ2v) is 4.46. The first-order chi connectivity index (χ1) is 9.24. The molecule has 0 saturated carbocycles. The maximum atomic E-state index is 12.0. The van der Waals surface area contributed by atoms with Crippen molar-refractivity contribution in [2.75, 3.05) is 11.9 Å². The Morgan fingerprint density at radius 3 is 3.16 bits per heavy atom. The molecule has 1 aliphatic rings. The zero-order valence-corrected chi connectivity index (χ0v) is 10.6. The third-order valence-corrected chi connectivity index (χ3v) is 3.12. The molecule has 2 N–H and O–H groups in total. The van der Waals surface area contributed by atoms with Crippen molar-refractivity contribution >= 4 is 11.6 Å². The van der Waals surface area contributed by atoms with Gasteiger partial charge >= 0.3 is 0 Å². The lowest BCUT2D eigenvalue weighted by Gasteiger charge is -2.20. The molecule has 19 heavy (non-hydrogen) atoms. The SMILES string of the molecule is Cc1nc(C(=O)Nc2cccc3c2CNCC3)no1. The second kappa shape index (κ2) is 4.81. The molecule has 0 spiro atoms. The van der Waals surface area contributed by atoms with Gasteiger partial charge in [-0.05, 0) is 30.2 Å². The largest absolute Gasteiger partial charge is 0.339 e. The van der Waals surface area contributed by atoms with Crippen molar-refractivity contribution in [3.05, 3.63) is 41.0 Å². The summed E-state index contributed by atoms with van der Waals surface area (Å²) in [4.78, 5) is 15.9. The molecular formula is C13H14N4O2. The van der Waals surface area contributed by atoms with Crippen molar-refractivity contribution in [2.24, 2.45) is 0 Å². The summed E-state index contributed by atoms with van der Waals surface area (Å²) in [6, 6.07) is 5.92. The van der Waals surface area contributed by atoms with Crippen LogP contribution in [0.25, 0.3) is 0 Å². The van der Waals surface area contributed by atoms with Crippen molar-refractivity contribution in [1.29, 1.82) is 0 Å². The number of anilines is 1. The fourth-order valence-corrected chi connectivity index (χ4v) is 2.20. The van der Waals surface area contributed by atoms with Crippen LogP contribution in [0.5, 0.6) is 0 Å². The first-order valence-electron chi connectivity index (χ1n) is 6.17. The Morgan fingerprint density at radius 2 is 2.37 bits per heavy atom. The number of rotatable bonds is 2. The number of benzene rings is 1. The van der Waals surface area contributed by atoms with Gasteiger partial charge in [-0.3, -0.25) is 4.79 Å². The first-order valence-corrected chi connectivity index (χ1v) is 6.17. The maximum absolute atomic E-state index is 12.0. The Morgan fingerprint density at radius 1 is 1.47 bits per heavy atom. The number of hydrogen-bond acceptors (Lipinski definition) is 5. The average Bonchev–Trinajstić information content (AvgIpc) is 2.86. The molecule has 1 aliphatic heterocycles. The fourth-order valence-electron chi connectivity index (χ4n) is 2.20. The molecule has 98 valence electrons. The second-order valence-electron chi connectivity index (χ2n) is 4.46. The number of aromatic nitrogens is 2. The van der Waals surface area contributed by atoms with Crippen LogP contribution in [0.1, 0.15) is 27.6 Å². The van der Waals surface area contributed by atoms with Crippen molar-refractivity contribution in [2.45, 2.75) is 19.9 Å². The van der Waals surface area contributed by atoms with Gasteiger partial charge in [0.15, 0.2) is 0 Å². The molecule has 1 amide bonds. The van der Waals surface area contributed by atoms with Crippen molar-refractivity contribution in [3.63, 3.8) is 0 Å². The van der Waals surface area contributed by atoms with E-state index >= 15 is 0 Å². The topological polar surface area (TPSA) is 80.0 Å². The Labute approximate surface area is 110 Å². The Bertz CT molecular complexity index is 621. The Kier molecular flexibility index (Phi) is 3.00. The standard InChI is InChI=1S/C13H14N4O2/c1-8-15-12(17-19-8)13(18)16-11-4-2-3-9-5-6-14-7-10(9)11/h2-4,14H,5-7H2,1H3,(H,16,18). The van der Waals surface area contributed by atoms with Gasteiger partial charge in [0.05, 0.1) is 0 Å². The number of nitrogens with zero attached hydrogens (tertiary/aromatic N) is 2. The van der Waals surface area contributed by atoms with E-state index < -0.39 is 0 Å². The van der Waals surface area contributed by atoms with Crippen LogP contribution in [0.4, 0.5) is 5.69 Å². The molecule has 0 bridgehead atoms. The van der Waals surface area contributed by atoms with Crippen LogP contribution in [0.3, 0.4) is 0 Å². The molecule has 6 heteroatoms. The van der Waals surface area contributed by atoms with Crippen LogP contribution in [0.2, 0.25) is 0 Å². The van der Waals surface area contributed by atoms with Gasteiger partial charge < -0.3 is 15.2 Å². The molecule has 2 aromatic rings. The summed E-state index contributed by atoms with van der Waals surface area (Å²) in [6.45, 7) is 3.38. The minimum atomic E-state index is -0.351. The third kappa shape index (κ3) is 2.34. The quantitative estimate of drug-likeness (QED) is 0.848. The van der Waals surface area contributed by atoms with E-state index in [-0.39, 0.29) is 11.7 Å². The van der Waals surface area contributed by atoms with E-state index in [0.29, 0.717) is 5.89 Å². The van der Waals surface area contributed by atoms with E-state index in [1.807, 2.05) is 12.1 Å².